The Labute approximate surface area is 143 Å². The van der Waals surface area contributed by atoms with Crippen LogP contribution in [-0.4, -0.2) is 5.91 Å². The van der Waals surface area contributed by atoms with Gasteiger partial charge in [-0.25, -0.2) is 0 Å². The summed E-state index contributed by atoms with van der Waals surface area (Å²) in [7, 11) is 0. The van der Waals surface area contributed by atoms with Crippen molar-refractivity contribution < 1.29 is 4.79 Å². The number of carbonyl (C=O) groups is 1. The number of benzene rings is 2. The standard InChI is InChI=1S/C18H15ClN2OS/c1-12(13-7-3-2-4-8-13)11-20-21-18(22)17-16(19)14-9-5-6-10-15(14)23-17/h2-11,20H,1H3,(H,21,22). The van der Waals surface area contributed by atoms with E-state index < -0.39 is 0 Å². The Morgan fingerprint density at radius 3 is 2.52 bits per heavy atom. The Hall–Kier alpha value is -2.30. The van der Waals surface area contributed by atoms with Crippen LogP contribution in [0, 0.1) is 0 Å². The van der Waals surface area contributed by atoms with Crippen molar-refractivity contribution in [2.45, 2.75) is 6.92 Å². The number of hydrogen-bond acceptors (Lipinski definition) is 3. The quantitative estimate of drug-likeness (QED) is 0.665. The van der Waals surface area contributed by atoms with E-state index >= 15 is 0 Å². The summed E-state index contributed by atoms with van der Waals surface area (Å²) in [5, 5.41) is 1.40. The van der Waals surface area contributed by atoms with E-state index in [4.69, 9.17) is 11.6 Å². The number of hydrogen-bond donors (Lipinski definition) is 2. The highest BCUT2D eigenvalue weighted by Gasteiger charge is 2.16. The SMILES string of the molecule is CC(=CNNC(=O)c1sc2ccccc2c1Cl)c1ccccc1. The second-order valence-corrected chi connectivity index (χ2v) is 6.46. The monoisotopic (exact) mass is 342 g/mol. The number of allylic oxidation sites excluding steroid dienone is 1. The van der Waals surface area contributed by atoms with Gasteiger partial charge in [-0.05, 0) is 24.1 Å². The van der Waals surface area contributed by atoms with Crippen LogP contribution in [0.2, 0.25) is 5.02 Å². The molecule has 2 aromatic carbocycles. The summed E-state index contributed by atoms with van der Waals surface area (Å²) < 4.78 is 0.999. The molecule has 2 N–H and O–H groups in total. The van der Waals surface area contributed by atoms with E-state index in [0.29, 0.717) is 9.90 Å². The third kappa shape index (κ3) is 3.38. The fraction of sp³-hybridized carbons (Fsp3) is 0.0556. The Kier molecular flexibility index (Phi) is 4.65. The number of rotatable bonds is 4. The molecule has 0 saturated heterocycles. The van der Waals surface area contributed by atoms with Crippen molar-refractivity contribution in [3.63, 3.8) is 0 Å². The molecule has 3 rings (SSSR count). The molecule has 23 heavy (non-hydrogen) atoms. The maximum Gasteiger partial charge on any atom is 0.281 e. The van der Waals surface area contributed by atoms with Crippen LogP contribution in [0.1, 0.15) is 22.2 Å². The van der Waals surface area contributed by atoms with Crippen molar-refractivity contribution >= 4 is 44.5 Å². The Morgan fingerprint density at radius 1 is 1.09 bits per heavy atom. The highest BCUT2D eigenvalue weighted by molar-refractivity contribution is 7.21. The summed E-state index contributed by atoms with van der Waals surface area (Å²) in [6.07, 6.45) is 1.76. The summed E-state index contributed by atoms with van der Waals surface area (Å²) >= 11 is 7.68. The number of carbonyl (C=O) groups excluding carboxylic acids is 1. The molecule has 0 radical (unpaired) electrons. The maximum atomic E-state index is 12.3. The minimum atomic E-state index is -0.242. The maximum absolute atomic E-state index is 12.3. The largest absolute Gasteiger partial charge is 0.305 e. The van der Waals surface area contributed by atoms with Gasteiger partial charge < -0.3 is 5.43 Å². The molecule has 0 atom stereocenters. The molecule has 3 nitrogen and oxygen atoms in total. The Bertz CT molecular complexity index is 871. The van der Waals surface area contributed by atoms with Gasteiger partial charge in [0, 0.05) is 16.3 Å². The number of amides is 1. The van der Waals surface area contributed by atoms with Gasteiger partial charge in [0.1, 0.15) is 4.88 Å². The molecule has 3 aromatic rings. The number of thiophene rings is 1. The summed E-state index contributed by atoms with van der Waals surface area (Å²) in [6, 6.07) is 17.7. The highest BCUT2D eigenvalue weighted by Crippen LogP contribution is 2.34. The lowest BCUT2D eigenvalue weighted by Crippen LogP contribution is -2.33. The first kappa shape index (κ1) is 15.6. The molecule has 116 valence electrons. The Morgan fingerprint density at radius 2 is 1.78 bits per heavy atom. The van der Waals surface area contributed by atoms with Gasteiger partial charge in [-0.3, -0.25) is 10.2 Å². The van der Waals surface area contributed by atoms with Crippen LogP contribution in [0.3, 0.4) is 0 Å². The molecule has 5 heteroatoms. The van der Waals surface area contributed by atoms with Gasteiger partial charge in [0.15, 0.2) is 0 Å². The minimum absolute atomic E-state index is 0.242. The van der Waals surface area contributed by atoms with E-state index in [9.17, 15) is 4.79 Å². The topological polar surface area (TPSA) is 41.1 Å². The zero-order valence-corrected chi connectivity index (χ0v) is 14.0. The van der Waals surface area contributed by atoms with Crippen LogP contribution in [0.4, 0.5) is 0 Å². The number of halogens is 1. The molecule has 1 amide bonds. The number of fused-ring (bicyclic) bond motifs is 1. The lowest BCUT2D eigenvalue weighted by atomic mass is 10.1. The number of nitrogens with one attached hydrogen (secondary N) is 2. The summed E-state index contributed by atoms with van der Waals surface area (Å²) in [5.74, 6) is -0.242. The van der Waals surface area contributed by atoms with Gasteiger partial charge in [0.05, 0.1) is 5.02 Å². The van der Waals surface area contributed by atoms with Gasteiger partial charge in [0.2, 0.25) is 0 Å². The predicted molar refractivity (Wildman–Crippen MR) is 97.5 cm³/mol. The van der Waals surface area contributed by atoms with E-state index in [-0.39, 0.29) is 5.91 Å². The smallest absolute Gasteiger partial charge is 0.281 e. The molecular formula is C18H15ClN2OS. The first-order chi connectivity index (χ1) is 11.2. The normalized spacial score (nSPS) is 11.5. The van der Waals surface area contributed by atoms with E-state index in [0.717, 1.165) is 21.2 Å². The molecule has 0 saturated carbocycles. The van der Waals surface area contributed by atoms with Crippen molar-refractivity contribution in [1.29, 1.82) is 0 Å². The summed E-state index contributed by atoms with van der Waals surface area (Å²) in [5.41, 5.74) is 7.62. The fourth-order valence-electron chi connectivity index (χ4n) is 2.21. The molecule has 1 aromatic heterocycles. The molecule has 0 bridgehead atoms. The molecule has 0 aliphatic carbocycles. The van der Waals surface area contributed by atoms with Crippen molar-refractivity contribution in [3.05, 3.63) is 76.3 Å². The summed E-state index contributed by atoms with van der Waals surface area (Å²) in [6.45, 7) is 1.97. The van der Waals surface area contributed by atoms with Crippen LogP contribution in [0.15, 0.2) is 60.8 Å². The van der Waals surface area contributed by atoms with Crippen molar-refractivity contribution in [2.75, 3.05) is 0 Å². The van der Waals surface area contributed by atoms with E-state index in [1.807, 2.05) is 61.5 Å². The van der Waals surface area contributed by atoms with Gasteiger partial charge in [-0.2, -0.15) is 0 Å². The predicted octanol–water partition coefficient (Wildman–Crippen LogP) is 4.85. The van der Waals surface area contributed by atoms with Crippen molar-refractivity contribution in [1.82, 2.24) is 10.9 Å². The average Bonchev–Trinajstić information content (AvgIpc) is 2.93. The third-order valence-corrected chi connectivity index (χ3v) is 5.12. The van der Waals surface area contributed by atoms with E-state index in [1.54, 1.807) is 6.20 Å². The number of hydrazine groups is 1. The lowest BCUT2D eigenvalue weighted by Gasteiger charge is -2.06. The van der Waals surface area contributed by atoms with Crippen molar-refractivity contribution in [3.8, 4) is 0 Å². The van der Waals surface area contributed by atoms with Crippen LogP contribution in [-0.2, 0) is 0 Å². The average molecular weight is 343 g/mol. The van der Waals surface area contributed by atoms with E-state index in [1.165, 1.54) is 11.3 Å². The fourth-order valence-corrected chi connectivity index (χ4v) is 3.62. The van der Waals surface area contributed by atoms with Gasteiger partial charge in [0.25, 0.3) is 5.91 Å². The second-order valence-electron chi connectivity index (χ2n) is 5.03. The molecule has 0 spiro atoms. The van der Waals surface area contributed by atoms with Crippen LogP contribution in [0.5, 0.6) is 0 Å². The summed E-state index contributed by atoms with van der Waals surface area (Å²) in [4.78, 5) is 12.8. The zero-order valence-electron chi connectivity index (χ0n) is 12.5. The van der Waals surface area contributed by atoms with Crippen LogP contribution in [0.25, 0.3) is 15.7 Å². The van der Waals surface area contributed by atoms with Crippen LogP contribution < -0.4 is 10.9 Å². The molecule has 0 fully saturated rings. The van der Waals surface area contributed by atoms with Crippen molar-refractivity contribution in [2.24, 2.45) is 0 Å². The zero-order chi connectivity index (χ0) is 16.2. The lowest BCUT2D eigenvalue weighted by molar-refractivity contribution is 0.0945. The molecular weight excluding hydrogens is 328 g/mol. The molecule has 0 unspecified atom stereocenters. The van der Waals surface area contributed by atoms with E-state index in [2.05, 4.69) is 10.9 Å². The van der Waals surface area contributed by atoms with Crippen LogP contribution >= 0.6 is 22.9 Å². The third-order valence-electron chi connectivity index (χ3n) is 3.44. The van der Waals surface area contributed by atoms with Gasteiger partial charge >= 0.3 is 0 Å². The minimum Gasteiger partial charge on any atom is -0.305 e. The Balaban J connectivity index is 1.71. The molecule has 0 aliphatic rings. The molecule has 0 aliphatic heterocycles. The highest BCUT2D eigenvalue weighted by atomic mass is 35.5. The van der Waals surface area contributed by atoms with Gasteiger partial charge in [-0.15, -0.1) is 11.3 Å². The first-order valence-electron chi connectivity index (χ1n) is 7.12. The molecule has 1 heterocycles. The van der Waals surface area contributed by atoms with Gasteiger partial charge in [-0.1, -0.05) is 60.1 Å². The second kappa shape index (κ2) is 6.86. The first-order valence-corrected chi connectivity index (χ1v) is 8.31.